The van der Waals surface area contributed by atoms with E-state index in [-0.39, 0.29) is 5.91 Å². The molecule has 1 aromatic heterocycles. The molecule has 0 aliphatic rings. The van der Waals surface area contributed by atoms with Crippen LogP contribution in [0.3, 0.4) is 0 Å². The first-order chi connectivity index (χ1) is 11.9. The van der Waals surface area contributed by atoms with Gasteiger partial charge in [0.2, 0.25) is 0 Å². The van der Waals surface area contributed by atoms with Crippen LogP contribution in [0.1, 0.15) is 23.0 Å². The van der Waals surface area contributed by atoms with Gasteiger partial charge in [0.1, 0.15) is 5.75 Å². The third-order valence-corrected chi connectivity index (χ3v) is 4.15. The van der Waals surface area contributed by atoms with Gasteiger partial charge in [0.05, 0.1) is 18.3 Å². The molecule has 1 heterocycles. The third-order valence-electron chi connectivity index (χ3n) is 3.89. The second kappa shape index (κ2) is 6.61. The highest BCUT2D eigenvalue weighted by Gasteiger charge is 2.22. The van der Waals surface area contributed by atoms with E-state index in [9.17, 15) is 9.59 Å². The van der Waals surface area contributed by atoms with Crippen LogP contribution in [0.2, 0.25) is 5.02 Å². The average molecular weight is 358 g/mol. The van der Waals surface area contributed by atoms with Gasteiger partial charge in [-0.1, -0.05) is 11.6 Å². The smallest absolute Gasteiger partial charge is 0.308 e. The predicted octanol–water partition coefficient (Wildman–Crippen LogP) is 4.23. The van der Waals surface area contributed by atoms with Crippen LogP contribution in [0, 0.1) is 6.92 Å². The van der Waals surface area contributed by atoms with Gasteiger partial charge in [0.25, 0.3) is 5.91 Å². The molecule has 3 rings (SSSR count). The van der Waals surface area contributed by atoms with Crippen LogP contribution in [-0.4, -0.2) is 23.6 Å². The number of fused-ring (bicyclic) bond motifs is 1. The van der Waals surface area contributed by atoms with E-state index in [1.54, 1.807) is 56.5 Å². The second-order valence-corrected chi connectivity index (χ2v) is 5.98. The van der Waals surface area contributed by atoms with Crippen molar-refractivity contribution in [1.29, 1.82) is 0 Å². The van der Waals surface area contributed by atoms with E-state index in [2.05, 4.69) is 0 Å². The zero-order valence-corrected chi connectivity index (χ0v) is 14.8. The number of nitrogens with zero attached hydrogens (tertiary/aromatic N) is 1. The Morgan fingerprint density at radius 3 is 2.36 bits per heavy atom. The van der Waals surface area contributed by atoms with Crippen molar-refractivity contribution in [3.8, 4) is 11.5 Å². The molecule has 0 aliphatic carbocycles. The zero-order valence-electron chi connectivity index (χ0n) is 14.0. The van der Waals surface area contributed by atoms with Crippen LogP contribution < -0.4 is 9.47 Å². The summed E-state index contributed by atoms with van der Waals surface area (Å²) in [5.41, 5.74) is 1.62. The Morgan fingerprint density at radius 1 is 1.08 bits per heavy atom. The van der Waals surface area contributed by atoms with Crippen molar-refractivity contribution in [2.45, 2.75) is 13.8 Å². The van der Waals surface area contributed by atoms with E-state index in [0.717, 1.165) is 0 Å². The number of methoxy groups -OCH3 is 1. The number of ether oxygens (including phenoxy) is 2. The Morgan fingerprint density at radius 2 is 1.76 bits per heavy atom. The molecule has 25 heavy (non-hydrogen) atoms. The number of carbonyl (C=O) groups is 2. The lowest BCUT2D eigenvalue weighted by Crippen LogP contribution is -2.13. The maximum Gasteiger partial charge on any atom is 0.308 e. The van der Waals surface area contributed by atoms with Gasteiger partial charge in [-0.3, -0.25) is 14.2 Å². The van der Waals surface area contributed by atoms with Crippen LogP contribution in [0.25, 0.3) is 10.9 Å². The van der Waals surface area contributed by atoms with Gasteiger partial charge >= 0.3 is 5.97 Å². The Labute approximate surface area is 149 Å². The third kappa shape index (κ3) is 3.10. The van der Waals surface area contributed by atoms with Gasteiger partial charge in [-0.25, -0.2) is 0 Å². The Hall–Kier alpha value is -2.79. The van der Waals surface area contributed by atoms with Crippen LogP contribution in [0.15, 0.2) is 42.5 Å². The average Bonchev–Trinajstić information content (AvgIpc) is 2.85. The fourth-order valence-corrected chi connectivity index (χ4v) is 2.87. The first-order valence-electron chi connectivity index (χ1n) is 7.60. The number of aromatic nitrogens is 1. The van der Waals surface area contributed by atoms with E-state index in [1.165, 1.54) is 11.5 Å². The lowest BCUT2D eigenvalue weighted by atomic mass is 10.2. The van der Waals surface area contributed by atoms with E-state index in [1.807, 2.05) is 0 Å². The number of benzene rings is 2. The molecule has 0 atom stereocenters. The summed E-state index contributed by atoms with van der Waals surface area (Å²) in [6.07, 6.45) is 0. The number of rotatable bonds is 3. The van der Waals surface area contributed by atoms with Crippen molar-refractivity contribution < 1.29 is 19.1 Å². The largest absolute Gasteiger partial charge is 0.497 e. The van der Waals surface area contributed by atoms with E-state index >= 15 is 0 Å². The summed E-state index contributed by atoms with van der Waals surface area (Å²) >= 11 is 5.90. The van der Waals surface area contributed by atoms with Crippen molar-refractivity contribution in [3.05, 3.63) is 58.7 Å². The van der Waals surface area contributed by atoms with Gasteiger partial charge in [-0.2, -0.15) is 0 Å². The molecule has 6 heteroatoms. The highest BCUT2D eigenvalue weighted by atomic mass is 35.5. The van der Waals surface area contributed by atoms with Gasteiger partial charge in [0, 0.05) is 29.0 Å². The molecule has 0 saturated carbocycles. The molecule has 0 bridgehead atoms. The molecule has 128 valence electrons. The maximum atomic E-state index is 13.0. The van der Waals surface area contributed by atoms with Crippen LogP contribution in [0.4, 0.5) is 0 Å². The maximum absolute atomic E-state index is 13.0. The Balaban J connectivity index is 2.25. The van der Waals surface area contributed by atoms with Crippen molar-refractivity contribution >= 4 is 34.4 Å². The molecular weight excluding hydrogens is 342 g/mol. The Bertz CT molecular complexity index is 973. The summed E-state index contributed by atoms with van der Waals surface area (Å²) in [5.74, 6) is 0.278. The monoisotopic (exact) mass is 357 g/mol. The topological polar surface area (TPSA) is 57.5 Å². The molecule has 0 radical (unpaired) electrons. The highest BCUT2D eigenvalue weighted by Crippen LogP contribution is 2.35. The minimum Gasteiger partial charge on any atom is -0.497 e. The van der Waals surface area contributed by atoms with E-state index in [0.29, 0.717) is 38.7 Å². The first-order valence-corrected chi connectivity index (χ1v) is 7.98. The number of hydrogen-bond acceptors (Lipinski definition) is 4. The minimum atomic E-state index is -0.447. The first kappa shape index (κ1) is 17.0. The molecule has 3 aromatic rings. The van der Waals surface area contributed by atoms with Crippen LogP contribution in [0.5, 0.6) is 11.5 Å². The van der Waals surface area contributed by atoms with Crippen molar-refractivity contribution in [2.75, 3.05) is 7.11 Å². The molecule has 0 aliphatic heterocycles. The molecular formula is C19H16ClNO4. The lowest BCUT2D eigenvalue weighted by Gasteiger charge is -2.08. The summed E-state index contributed by atoms with van der Waals surface area (Å²) in [7, 11) is 1.55. The Kier molecular flexibility index (Phi) is 4.51. The SMILES string of the molecule is COc1ccc2c(OC(C)=O)c(C)n(C(=O)c3ccc(Cl)cc3)c2c1. The van der Waals surface area contributed by atoms with Crippen LogP contribution >= 0.6 is 11.6 Å². The standard InChI is InChI=1S/C19H16ClNO4/c1-11-18(25-12(2)22)16-9-8-15(24-3)10-17(16)21(11)19(23)13-4-6-14(20)7-5-13/h4-10H,1-3H3. The number of hydrogen-bond donors (Lipinski definition) is 0. The predicted molar refractivity (Wildman–Crippen MR) is 95.7 cm³/mol. The van der Waals surface area contributed by atoms with E-state index in [4.69, 9.17) is 21.1 Å². The zero-order chi connectivity index (χ0) is 18.1. The molecule has 0 saturated heterocycles. The second-order valence-electron chi connectivity index (χ2n) is 5.54. The van der Waals surface area contributed by atoms with Crippen molar-refractivity contribution in [1.82, 2.24) is 4.57 Å². The fraction of sp³-hybridized carbons (Fsp3) is 0.158. The molecule has 0 fully saturated rings. The van der Waals surface area contributed by atoms with Gasteiger partial charge in [-0.05, 0) is 43.3 Å². The lowest BCUT2D eigenvalue weighted by molar-refractivity contribution is -0.131. The molecule has 0 unspecified atom stereocenters. The van der Waals surface area contributed by atoms with E-state index < -0.39 is 5.97 Å². The fourth-order valence-electron chi connectivity index (χ4n) is 2.75. The van der Waals surface area contributed by atoms with Gasteiger partial charge < -0.3 is 9.47 Å². The highest BCUT2D eigenvalue weighted by molar-refractivity contribution is 6.30. The van der Waals surface area contributed by atoms with Gasteiger partial charge in [-0.15, -0.1) is 0 Å². The quantitative estimate of drug-likeness (QED) is 0.658. The molecule has 0 N–H and O–H groups in total. The minimum absolute atomic E-state index is 0.245. The van der Waals surface area contributed by atoms with Crippen LogP contribution in [-0.2, 0) is 4.79 Å². The van der Waals surface area contributed by atoms with Crippen molar-refractivity contribution in [2.24, 2.45) is 0 Å². The number of esters is 1. The normalized spacial score (nSPS) is 10.7. The van der Waals surface area contributed by atoms with Crippen molar-refractivity contribution in [3.63, 3.8) is 0 Å². The molecule has 0 spiro atoms. The number of carbonyl (C=O) groups excluding carboxylic acids is 2. The summed E-state index contributed by atoms with van der Waals surface area (Å²) < 4.78 is 12.1. The molecule has 0 amide bonds. The van der Waals surface area contributed by atoms with Gasteiger partial charge in [0.15, 0.2) is 5.75 Å². The summed E-state index contributed by atoms with van der Waals surface area (Å²) in [6.45, 7) is 3.06. The molecule has 2 aromatic carbocycles. The number of halogens is 1. The molecule has 5 nitrogen and oxygen atoms in total. The summed E-state index contributed by atoms with van der Waals surface area (Å²) in [4.78, 5) is 24.5. The summed E-state index contributed by atoms with van der Waals surface area (Å²) in [5, 5.41) is 1.21. The summed E-state index contributed by atoms with van der Waals surface area (Å²) in [6, 6.07) is 11.9.